The highest BCUT2D eigenvalue weighted by Gasteiger charge is 2.66. The summed E-state index contributed by atoms with van der Waals surface area (Å²) < 4.78 is 30.3. The van der Waals surface area contributed by atoms with Gasteiger partial charge in [-0.2, -0.15) is 4.31 Å². The van der Waals surface area contributed by atoms with Crippen LogP contribution in [0.3, 0.4) is 0 Å². The van der Waals surface area contributed by atoms with Crippen molar-refractivity contribution in [3.8, 4) is 0 Å². The maximum Gasteiger partial charge on any atom is 0.243 e. The summed E-state index contributed by atoms with van der Waals surface area (Å²) in [5.41, 5.74) is 1.20. The zero-order valence-corrected chi connectivity index (χ0v) is 25.0. The van der Waals surface area contributed by atoms with Gasteiger partial charge in [-0.1, -0.05) is 110 Å². The van der Waals surface area contributed by atoms with E-state index in [0.29, 0.717) is 23.3 Å². The largest absolute Gasteiger partial charge is 0.243 e. The minimum atomic E-state index is -3.54. The highest BCUT2D eigenvalue weighted by molar-refractivity contribution is 7.89. The van der Waals surface area contributed by atoms with Gasteiger partial charge in [0.25, 0.3) is 0 Å². The number of nitrogens with zero attached hydrogens (tertiary/aromatic N) is 1. The number of aryl methyl sites for hydroxylation is 1. The molecule has 0 aromatic heterocycles. The van der Waals surface area contributed by atoms with Crippen molar-refractivity contribution in [1.29, 1.82) is 0 Å². The molecular formula is C33H41NO2SSi. The minimum Gasteiger partial charge on any atom is -0.207 e. The molecule has 200 valence electrons. The second-order valence-corrected chi connectivity index (χ2v) is 20.0. The number of hydrogen-bond acceptors (Lipinski definition) is 2. The van der Waals surface area contributed by atoms with Crippen molar-refractivity contribution in [3.05, 3.63) is 90.5 Å². The third-order valence-electron chi connectivity index (χ3n) is 10.5. The molecule has 1 spiro atoms. The van der Waals surface area contributed by atoms with Crippen LogP contribution < -0.4 is 10.4 Å². The Bertz CT molecular complexity index is 1360. The Morgan fingerprint density at radius 2 is 1.47 bits per heavy atom. The van der Waals surface area contributed by atoms with Gasteiger partial charge in [-0.25, -0.2) is 8.42 Å². The standard InChI is InChI=1S/C33H41NO2SSi/c1-25-15-17-28(18-16-25)37(35,36)34-23-27(33-20-19-26(22-33)21-31(33)34)24-38(32(2,3)4,29-11-7-5-8-12-29)30-13-9-6-10-14-30/h5-18,26-27,31H,19-24H2,1-4H3/t26-,27-,31-,33-/m0/s1. The Morgan fingerprint density at radius 1 is 0.895 bits per heavy atom. The average molecular weight is 544 g/mol. The van der Waals surface area contributed by atoms with Gasteiger partial charge in [-0.05, 0) is 73.1 Å². The number of hydrogen-bond donors (Lipinski definition) is 0. The fraction of sp³-hybridized carbons (Fsp3) is 0.455. The fourth-order valence-corrected chi connectivity index (χ4v) is 16.3. The van der Waals surface area contributed by atoms with E-state index in [4.69, 9.17) is 0 Å². The van der Waals surface area contributed by atoms with Crippen LogP contribution in [0.4, 0.5) is 0 Å². The molecule has 3 aliphatic rings. The molecule has 3 nitrogen and oxygen atoms in total. The molecular weight excluding hydrogens is 503 g/mol. The molecule has 3 aromatic rings. The van der Waals surface area contributed by atoms with Crippen molar-refractivity contribution in [2.45, 2.75) is 75.4 Å². The average Bonchev–Trinajstić information content (AvgIpc) is 3.58. The molecule has 6 rings (SSSR count). The summed E-state index contributed by atoms with van der Waals surface area (Å²) in [5, 5.41) is 3.01. The molecule has 0 N–H and O–H groups in total. The summed E-state index contributed by atoms with van der Waals surface area (Å²) >= 11 is 0. The lowest BCUT2D eigenvalue weighted by Crippen LogP contribution is -2.65. The van der Waals surface area contributed by atoms with Gasteiger partial charge in [0.2, 0.25) is 10.0 Å². The third-order valence-corrected chi connectivity index (χ3v) is 18.7. The summed E-state index contributed by atoms with van der Waals surface area (Å²) in [6, 6.07) is 31.1. The second-order valence-electron chi connectivity index (χ2n) is 13.3. The summed E-state index contributed by atoms with van der Waals surface area (Å²) in [6.07, 6.45) is 4.65. The Hall–Kier alpha value is -2.21. The van der Waals surface area contributed by atoms with Crippen LogP contribution in [0.15, 0.2) is 89.8 Å². The van der Waals surface area contributed by atoms with E-state index in [1.54, 1.807) is 12.1 Å². The van der Waals surface area contributed by atoms with Crippen molar-refractivity contribution in [2.75, 3.05) is 6.54 Å². The quantitative estimate of drug-likeness (QED) is 0.345. The zero-order chi connectivity index (χ0) is 26.8. The summed E-state index contributed by atoms with van der Waals surface area (Å²) in [7, 11) is -5.86. The lowest BCUT2D eigenvalue weighted by atomic mass is 9.74. The monoisotopic (exact) mass is 543 g/mol. The molecule has 5 heteroatoms. The van der Waals surface area contributed by atoms with Crippen molar-refractivity contribution in [1.82, 2.24) is 4.31 Å². The molecule has 0 amide bonds. The SMILES string of the molecule is Cc1ccc(S(=O)(=O)N2C[C@@H](C[Si](c3ccccc3)(c3ccccc3)C(C)(C)C)[C@@]34CC[C@@H](C[C@H]23)C4)cc1. The van der Waals surface area contributed by atoms with E-state index in [0.717, 1.165) is 18.0 Å². The van der Waals surface area contributed by atoms with Crippen LogP contribution in [-0.2, 0) is 10.0 Å². The minimum absolute atomic E-state index is 0.0711. The zero-order valence-electron chi connectivity index (χ0n) is 23.2. The fourth-order valence-electron chi connectivity index (χ4n) is 8.61. The normalized spacial score (nSPS) is 27.5. The van der Waals surface area contributed by atoms with E-state index in [2.05, 4.69) is 81.4 Å². The van der Waals surface area contributed by atoms with Gasteiger partial charge in [-0.3, -0.25) is 0 Å². The molecule has 4 atom stereocenters. The number of benzene rings is 3. The molecule has 2 saturated carbocycles. The molecule has 1 saturated heterocycles. The van der Waals surface area contributed by atoms with Crippen molar-refractivity contribution in [2.24, 2.45) is 17.3 Å². The van der Waals surface area contributed by atoms with Crippen LogP contribution in [0.5, 0.6) is 0 Å². The maximum absolute atomic E-state index is 14.1. The lowest BCUT2D eigenvalue weighted by Gasteiger charge is -2.48. The first kappa shape index (κ1) is 26.0. The highest BCUT2D eigenvalue weighted by atomic mass is 32.2. The van der Waals surface area contributed by atoms with Gasteiger partial charge in [0.05, 0.1) is 4.90 Å². The van der Waals surface area contributed by atoms with E-state index in [9.17, 15) is 8.42 Å². The first-order chi connectivity index (χ1) is 18.1. The molecule has 0 radical (unpaired) electrons. The van der Waals surface area contributed by atoms with Crippen LogP contribution in [0.25, 0.3) is 0 Å². The maximum atomic E-state index is 14.1. The van der Waals surface area contributed by atoms with Gasteiger partial charge in [0.1, 0.15) is 8.07 Å². The van der Waals surface area contributed by atoms with Gasteiger partial charge in [-0.15, -0.1) is 0 Å². The van der Waals surface area contributed by atoms with Crippen LogP contribution in [0, 0.1) is 24.2 Å². The van der Waals surface area contributed by atoms with E-state index >= 15 is 0 Å². The Balaban J connectivity index is 1.48. The number of fused-ring (bicyclic) bond motifs is 1. The highest BCUT2D eigenvalue weighted by Crippen LogP contribution is 2.65. The van der Waals surface area contributed by atoms with Crippen LogP contribution in [0.1, 0.15) is 52.0 Å². The second kappa shape index (κ2) is 9.18. The summed E-state index contributed by atoms with van der Waals surface area (Å²) in [4.78, 5) is 0.451. The Labute approximate surface area is 230 Å². The lowest BCUT2D eigenvalue weighted by molar-refractivity contribution is 0.192. The number of rotatable bonds is 6. The topological polar surface area (TPSA) is 37.4 Å². The molecule has 3 fully saturated rings. The smallest absolute Gasteiger partial charge is 0.207 e. The van der Waals surface area contributed by atoms with E-state index in [1.165, 1.54) is 29.6 Å². The Kier molecular flexibility index (Phi) is 6.29. The van der Waals surface area contributed by atoms with E-state index in [1.807, 2.05) is 23.4 Å². The first-order valence-electron chi connectivity index (χ1n) is 14.3. The van der Waals surface area contributed by atoms with Crippen LogP contribution >= 0.6 is 0 Å². The van der Waals surface area contributed by atoms with Gasteiger partial charge < -0.3 is 0 Å². The predicted molar refractivity (Wildman–Crippen MR) is 159 cm³/mol. The van der Waals surface area contributed by atoms with Crippen molar-refractivity contribution >= 4 is 28.5 Å². The molecule has 3 aromatic carbocycles. The van der Waals surface area contributed by atoms with Crippen LogP contribution in [0.2, 0.25) is 11.1 Å². The first-order valence-corrected chi connectivity index (χ1v) is 17.9. The molecule has 2 bridgehead atoms. The number of sulfonamides is 1. The van der Waals surface area contributed by atoms with E-state index in [-0.39, 0.29) is 16.5 Å². The van der Waals surface area contributed by atoms with Gasteiger partial charge in [0, 0.05) is 12.6 Å². The molecule has 0 unspecified atom stereocenters. The van der Waals surface area contributed by atoms with Crippen molar-refractivity contribution < 1.29 is 8.42 Å². The summed E-state index contributed by atoms with van der Waals surface area (Å²) in [6.45, 7) is 9.94. The Morgan fingerprint density at radius 3 is 2.00 bits per heavy atom. The summed E-state index contributed by atoms with van der Waals surface area (Å²) in [5.74, 6) is 1.03. The van der Waals surface area contributed by atoms with Crippen molar-refractivity contribution in [3.63, 3.8) is 0 Å². The van der Waals surface area contributed by atoms with Gasteiger partial charge >= 0.3 is 0 Å². The van der Waals surface area contributed by atoms with Gasteiger partial charge in [0.15, 0.2) is 0 Å². The molecule has 2 aliphatic carbocycles. The van der Waals surface area contributed by atoms with E-state index < -0.39 is 18.1 Å². The molecule has 38 heavy (non-hydrogen) atoms. The molecule has 1 aliphatic heterocycles. The predicted octanol–water partition coefficient (Wildman–Crippen LogP) is 6.24. The molecule has 1 heterocycles. The third kappa shape index (κ3) is 3.88. The van der Waals surface area contributed by atoms with Crippen LogP contribution in [-0.4, -0.2) is 33.4 Å².